The summed E-state index contributed by atoms with van der Waals surface area (Å²) in [5.74, 6) is 0. The molecule has 0 bridgehead atoms. The first-order chi connectivity index (χ1) is 23.6. The van der Waals surface area contributed by atoms with E-state index in [1.54, 1.807) is 0 Å². The van der Waals surface area contributed by atoms with Gasteiger partial charge in [0.1, 0.15) is 0 Å². The molecule has 3 aliphatic carbocycles. The van der Waals surface area contributed by atoms with Gasteiger partial charge in [0.2, 0.25) is 0 Å². The average molecular weight is 846 g/mol. The Morgan fingerprint density at radius 2 is 1.25 bits per heavy atom. The fourth-order valence-corrected chi connectivity index (χ4v) is 9.13. The van der Waals surface area contributed by atoms with E-state index in [9.17, 15) is 0 Å². The first-order valence-electron chi connectivity index (χ1n) is 17.4. The number of hydrogen-bond acceptors (Lipinski definition) is 0. The summed E-state index contributed by atoms with van der Waals surface area (Å²) >= 11 is 11.0. The van der Waals surface area contributed by atoms with E-state index in [-0.39, 0.29) is 35.6 Å². The van der Waals surface area contributed by atoms with Crippen LogP contribution in [0.3, 0.4) is 0 Å². The Balaban J connectivity index is 0.000000185. The maximum atomic E-state index is 5.84. The number of benzene rings is 4. The first-order valence-corrected chi connectivity index (χ1v) is 21.0. The molecule has 0 aromatic heterocycles. The standard InChI is InChI=1S/C23H21.C10H15.2C7H5Cl.2ClH.Zr/c1-22(2)7-5-14-10-18-16(12-20(14)22)9-17-13-21-15(11-19(17)18)6-8-23(21,3)4;1-8-5-6-9(7-8)10(2,3)4;2*1-6-2-4-7(8)5-3-6;;;/h5-7,10-13H,9H2,1-4H3;5-7H,1-4H3;2*1-5H;2*1H;/q2*-1;;;;;. The van der Waals surface area contributed by atoms with Crippen molar-refractivity contribution < 1.29 is 22.3 Å². The summed E-state index contributed by atoms with van der Waals surface area (Å²) in [5.41, 5.74) is 17.3. The Hall–Kier alpha value is -2.51. The number of hydrogen-bond donors (Lipinski definition) is 0. The number of rotatable bonds is 2. The van der Waals surface area contributed by atoms with Crippen LogP contribution in [-0.2, 0) is 44.9 Å². The average Bonchev–Trinajstić information content (AvgIpc) is 3.81. The van der Waals surface area contributed by atoms with Gasteiger partial charge in [0, 0.05) is 5.41 Å². The van der Waals surface area contributed by atoms with Gasteiger partial charge < -0.3 is 0 Å². The zero-order valence-corrected chi connectivity index (χ0v) is 36.9. The molecule has 0 radical (unpaired) electrons. The van der Waals surface area contributed by atoms with Crippen LogP contribution in [0.4, 0.5) is 0 Å². The third kappa shape index (κ3) is 9.77. The third-order valence-electron chi connectivity index (χ3n) is 9.87. The monoisotopic (exact) mass is 842 g/mol. The van der Waals surface area contributed by atoms with Crippen LogP contribution in [0, 0.1) is 13.0 Å². The van der Waals surface area contributed by atoms with Crippen molar-refractivity contribution in [2.45, 2.75) is 78.1 Å². The molecule has 5 aromatic rings. The van der Waals surface area contributed by atoms with Crippen molar-refractivity contribution in [1.82, 2.24) is 0 Å². The van der Waals surface area contributed by atoms with E-state index in [4.69, 9.17) is 23.2 Å². The molecule has 0 aliphatic heterocycles. The van der Waals surface area contributed by atoms with Gasteiger partial charge in [-0.15, -0.1) is 36.4 Å². The normalized spacial score (nSPS) is 14.4. The number of allylic oxidation sites excluding steroid dienone is 2. The molecule has 0 nitrogen and oxygen atoms in total. The molecule has 0 spiro atoms. The van der Waals surface area contributed by atoms with E-state index >= 15 is 0 Å². The van der Waals surface area contributed by atoms with Crippen LogP contribution in [0.25, 0.3) is 23.3 Å². The summed E-state index contributed by atoms with van der Waals surface area (Å²) < 4.78 is 4.66. The zero-order valence-electron chi connectivity index (χ0n) is 31.3. The quantitative estimate of drug-likeness (QED) is 0.152. The fourth-order valence-electron chi connectivity index (χ4n) is 6.78. The minimum atomic E-state index is -0.623. The summed E-state index contributed by atoms with van der Waals surface area (Å²) in [6.45, 7) is 18.0. The van der Waals surface area contributed by atoms with Crippen LogP contribution in [-0.4, -0.2) is 7.42 Å². The van der Waals surface area contributed by atoms with Crippen LogP contribution < -0.4 is 0 Å². The second-order valence-corrected chi connectivity index (χ2v) is 18.9. The molecule has 0 saturated heterocycles. The van der Waals surface area contributed by atoms with E-state index in [0.29, 0.717) is 5.41 Å². The number of halogens is 4. The van der Waals surface area contributed by atoms with Crippen molar-refractivity contribution in [1.29, 1.82) is 0 Å². The van der Waals surface area contributed by atoms with Crippen LogP contribution in [0.5, 0.6) is 0 Å². The van der Waals surface area contributed by atoms with Crippen molar-refractivity contribution in [3.63, 3.8) is 0 Å². The van der Waals surface area contributed by atoms with Crippen LogP contribution >= 0.6 is 48.0 Å². The van der Waals surface area contributed by atoms with Crippen LogP contribution in [0.1, 0.15) is 104 Å². The molecule has 5 aromatic carbocycles. The van der Waals surface area contributed by atoms with Gasteiger partial charge in [-0.2, -0.15) is 28.8 Å². The topological polar surface area (TPSA) is 0 Å². The molecule has 0 atom stereocenters. The maximum absolute atomic E-state index is 5.84. The molecular weight excluding hydrogens is 798 g/mol. The molecular formula is C47H48Cl4Zr-2. The Bertz CT molecular complexity index is 2040. The fraction of sp³-hybridized carbons (Fsp3) is 0.255. The molecule has 0 heterocycles. The van der Waals surface area contributed by atoms with Gasteiger partial charge in [-0.1, -0.05) is 90.5 Å². The van der Waals surface area contributed by atoms with Gasteiger partial charge in [-0.25, -0.2) is 12.1 Å². The van der Waals surface area contributed by atoms with Crippen molar-refractivity contribution in [3.05, 3.63) is 169 Å². The van der Waals surface area contributed by atoms with Crippen molar-refractivity contribution >= 4 is 67.6 Å². The van der Waals surface area contributed by atoms with E-state index < -0.39 is 22.3 Å². The van der Waals surface area contributed by atoms with E-state index in [1.165, 1.54) is 66.8 Å². The Kier molecular flexibility index (Phi) is 13.7. The van der Waals surface area contributed by atoms with Gasteiger partial charge in [-0.3, -0.25) is 6.08 Å². The van der Waals surface area contributed by atoms with Gasteiger partial charge in [0.05, 0.1) is 0 Å². The molecule has 3 aliphatic rings. The van der Waals surface area contributed by atoms with E-state index in [1.807, 2.05) is 24.3 Å². The zero-order chi connectivity index (χ0) is 35.8. The minimum absolute atomic E-state index is 0. The van der Waals surface area contributed by atoms with Crippen LogP contribution in [0.2, 0.25) is 10.0 Å². The number of aryl methyl sites for hydroxylation is 1. The summed E-state index contributed by atoms with van der Waals surface area (Å²) in [5, 5.41) is 1.57. The van der Waals surface area contributed by atoms with Gasteiger partial charge in [0.25, 0.3) is 0 Å². The molecule has 270 valence electrons. The summed E-state index contributed by atoms with van der Waals surface area (Å²) in [6, 6.07) is 32.2. The molecule has 0 amide bonds. The molecule has 5 heteroatoms. The predicted octanol–water partition coefficient (Wildman–Crippen LogP) is 13.6. The van der Waals surface area contributed by atoms with E-state index in [0.717, 1.165) is 16.5 Å². The SMILES string of the molecule is CC1(C)[C-]=Cc2cc3c(cc21)Cc1cc2c(cc1-3)C=CC2(C)C.Cc1cc(C(C)(C)C)c[cH-]1.Cl.Cl.Clc1ccc([CH]=[Zr]=[CH]c2ccc(Cl)cc2)cc1. The van der Waals surface area contributed by atoms with Gasteiger partial charge >= 0.3 is 123 Å². The van der Waals surface area contributed by atoms with Crippen molar-refractivity contribution in [2.75, 3.05) is 0 Å². The first kappa shape index (κ1) is 42.2. The molecule has 0 fully saturated rings. The van der Waals surface area contributed by atoms with Crippen LogP contribution in [0.15, 0.2) is 97.1 Å². The molecule has 0 N–H and O–H groups in total. The number of fused-ring (bicyclic) bond motifs is 5. The molecule has 0 saturated carbocycles. The molecule has 8 rings (SSSR count). The summed E-state index contributed by atoms with van der Waals surface area (Å²) in [4.78, 5) is 0. The molecule has 52 heavy (non-hydrogen) atoms. The Morgan fingerprint density at radius 1 is 0.731 bits per heavy atom. The second kappa shape index (κ2) is 16.9. The van der Waals surface area contributed by atoms with Crippen molar-refractivity contribution in [3.8, 4) is 11.1 Å². The Morgan fingerprint density at radius 3 is 1.73 bits per heavy atom. The summed E-state index contributed by atoms with van der Waals surface area (Å²) in [7, 11) is 0. The van der Waals surface area contributed by atoms with E-state index in [2.05, 4.69) is 154 Å². The van der Waals surface area contributed by atoms with Gasteiger partial charge in [-0.05, 0) is 45.9 Å². The predicted molar refractivity (Wildman–Crippen MR) is 231 cm³/mol. The summed E-state index contributed by atoms with van der Waals surface area (Å²) in [6.07, 6.45) is 11.4. The van der Waals surface area contributed by atoms with Crippen molar-refractivity contribution in [2.24, 2.45) is 0 Å². The van der Waals surface area contributed by atoms with Gasteiger partial charge in [0.15, 0.2) is 0 Å². The Labute approximate surface area is 345 Å². The third-order valence-corrected chi connectivity index (χ3v) is 12.8. The second-order valence-electron chi connectivity index (χ2n) is 15.8. The molecule has 0 unspecified atom stereocenters.